The van der Waals surface area contributed by atoms with Gasteiger partial charge in [0.2, 0.25) is 0 Å². The predicted octanol–water partition coefficient (Wildman–Crippen LogP) is 3.45. The Morgan fingerprint density at radius 1 is 1.00 bits per heavy atom. The summed E-state index contributed by atoms with van der Waals surface area (Å²) in [7, 11) is 0. The van der Waals surface area contributed by atoms with Crippen LogP contribution in [0.25, 0.3) is 0 Å². The van der Waals surface area contributed by atoms with Gasteiger partial charge in [0, 0.05) is 5.56 Å². The average molecular weight is 178 g/mol. The van der Waals surface area contributed by atoms with Crippen LogP contribution in [0.3, 0.4) is 0 Å². The van der Waals surface area contributed by atoms with Gasteiger partial charge >= 0.3 is 0 Å². The van der Waals surface area contributed by atoms with Crippen molar-refractivity contribution >= 4 is 6.29 Å². The van der Waals surface area contributed by atoms with Gasteiger partial charge in [-0.1, -0.05) is 31.5 Å². The Hall–Kier alpha value is -1.11. The summed E-state index contributed by atoms with van der Waals surface area (Å²) in [4.78, 5) is 10.6. The van der Waals surface area contributed by atoms with Crippen LogP contribution in [0.1, 0.15) is 40.9 Å². The third-order valence-corrected chi connectivity index (χ3v) is 1.86. The van der Waals surface area contributed by atoms with E-state index in [2.05, 4.69) is 0 Å². The van der Waals surface area contributed by atoms with Crippen LogP contribution in [0.2, 0.25) is 0 Å². The number of aryl methyl sites for hydroxylation is 3. The van der Waals surface area contributed by atoms with Crippen molar-refractivity contribution in [1.82, 2.24) is 0 Å². The number of hydrogen-bond acceptors (Lipinski definition) is 1. The normalized spacial score (nSPS) is 8.69. The van der Waals surface area contributed by atoms with E-state index in [1.807, 2.05) is 46.8 Å². The highest BCUT2D eigenvalue weighted by molar-refractivity contribution is 5.79. The van der Waals surface area contributed by atoms with Gasteiger partial charge in [-0.3, -0.25) is 4.79 Å². The SMILES string of the molecule is CC.Cc1cc(C)c(C=O)c(C)c1. The molecule has 0 unspecified atom stereocenters. The van der Waals surface area contributed by atoms with E-state index in [4.69, 9.17) is 0 Å². The standard InChI is InChI=1S/C10H12O.C2H6/c1-7-4-8(2)10(6-11)9(3)5-7;1-2/h4-6H,1-3H3;1-2H3. The lowest BCUT2D eigenvalue weighted by Gasteiger charge is -2.03. The van der Waals surface area contributed by atoms with E-state index in [-0.39, 0.29) is 0 Å². The second-order valence-electron chi connectivity index (χ2n) is 2.93. The van der Waals surface area contributed by atoms with Crippen molar-refractivity contribution in [3.8, 4) is 0 Å². The molecule has 1 heteroatoms. The van der Waals surface area contributed by atoms with Crippen molar-refractivity contribution in [1.29, 1.82) is 0 Å². The summed E-state index contributed by atoms with van der Waals surface area (Å²) in [5.74, 6) is 0. The highest BCUT2D eigenvalue weighted by Gasteiger charge is 2.00. The minimum atomic E-state index is 0.829. The minimum absolute atomic E-state index is 0.829. The van der Waals surface area contributed by atoms with Gasteiger partial charge in [0.15, 0.2) is 6.29 Å². The van der Waals surface area contributed by atoms with Gasteiger partial charge in [-0.25, -0.2) is 0 Å². The first-order chi connectivity index (χ1) is 6.15. The molecule has 0 saturated carbocycles. The van der Waals surface area contributed by atoms with Gasteiger partial charge in [0.25, 0.3) is 0 Å². The molecule has 1 aromatic rings. The maximum atomic E-state index is 10.6. The van der Waals surface area contributed by atoms with Crippen LogP contribution >= 0.6 is 0 Å². The third-order valence-electron chi connectivity index (χ3n) is 1.86. The van der Waals surface area contributed by atoms with Crippen molar-refractivity contribution < 1.29 is 4.79 Å². The Bertz CT molecular complexity index is 264. The zero-order chi connectivity index (χ0) is 10.4. The maximum Gasteiger partial charge on any atom is 0.150 e. The summed E-state index contributed by atoms with van der Waals surface area (Å²) in [6.07, 6.45) is 0.921. The second kappa shape index (κ2) is 5.52. The fourth-order valence-electron chi connectivity index (χ4n) is 1.38. The summed E-state index contributed by atoms with van der Waals surface area (Å²) in [6.45, 7) is 9.96. The first kappa shape index (κ1) is 11.9. The van der Waals surface area contributed by atoms with Gasteiger partial charge in [0.1, 0.15) is 0 Å². The van der Waals surface area contributed by atoms with E-state index in [0.29, 0.717) is 0 Å². The lowest BCUT2D eigenvalue weighted by atomic mass is 10.0. The fourth-order valence-corrected chi connectivity index (χ4v) is 1.38. The number of rotatable bonds is 1. The average Bonchev–Trinajstić information content (AvgIpc) is 2.07. The zero-order valence-corrected chi connectivity index (χ0v) is 9.14. The first-order valence-corrected chi connectivity index (χ1v) is 4.68. The van der Waals surface area contributed by atoms with Crippen LogP contribution in [0.4, 0.5) is 0 Å². The monoisotopic (exact) mass is 178 g/mol. The topological polar surface area (TPSA) is 17.1 Å². The molecule has 0 aliphatic carbocycles. The summed E-state index contributed by atoms with van der Waals surface area (Å²) < 4.78 is 0. The van der Waals surface area contributed by atoms with Crippen molar-refractivity contribution in [2.75, 3.05) is 0 Å². The largest absolute Gasteiger partial charge is 0.298 e. The molecule has 72 valence electrons. The Labute approximate surface area is 80.8 Å². The predicted molar refractivity (Wildman–Crippen MR) is 57.4 cm³/mol. The van der Waals surface area contributed by atoms with E-state index in [0.717, 1.165) is 23.0 Å². The number of carbonyl (C=O) groups excluding carboxylic acids is 1. The molecule has 1 nitrogen and oxygen atoms in total. The molecular formula is C12H18O. The number of hydrogen-bond donors (Lipinski definition) is 0. The van der Waals surface area contributed by atoms with Gasteiger partial charge in [-0.15, -0.1) is 0 Å². The number of benzene rings is 1. The lowest BCUT2D eigenvalue weighted by molar-refractivity contribution is 0.112. The highest BCUT2D eigenvalue weighted by Crippen LogP contribution is 2.13. The highest BCUT2D eigenvalue weighted by atomic mass is 16.1. The number of carbonyl (C=O) groups is 1. The maximum absolute atomic E-state index is 10.6. The molecule has 0 atom stereocenters. The van der Waals surface area contributed by atoms with Crippen LogP contribution in [-0.2, 0) is 0 Å². The van der Waals surface area contributed by atoms with Crippen molar-refractivity contribution in [3.05, 3.63) is 34.4 Å². The van der Waals surface area contributed by atoms with Crippen molar-refractivity contribution in [2.24, 2.45) is 0 Å². The Balaban J connectivity index is 0.000000671. The van der Waals surface area contributed by atoms with E-state index < -0.39 is 0 Å². The first-order valence-electron chi connectivity index (χ1n) is 4.68. The molecule has 0 amide bonds. The van der Waals surface area contributed by atoms with E-state index in [1.54, 1.807) is 0 Å². The Kier molecular flexibility index (Phi) is 5.05. The molecule has 0 aliphatic rings. The van der Waals surface area contributed by atoms with Gasteiger partial charge in [-0.2, -0.15) is 0 Å². The molecule has 0 heterocycles. The number of aldehydes is 1. The molecule has 0 spiro atoms. The minimum Gasteiger partial charge on any atom is -0.298 e. The molecule has 0 aliphatic heterocycles. The van der Waals surface area contributed by atoms with Crippen LogP contribution in [-0.4, -0.2) is 6.29 Å². The quantitative estimate of drug-likeness (QED) is 0.602. The van der Waals surface area contributed by atoms with Crippen molar-refractivity contribution in [2.45, 2.75) is 34.6 Å². The molecule has 1 aromatic carbocycles. The fraction of sp³-hybridized carbons (Fsp3) is 0.417. The Morgan fingerprint density at radius 3 is 1.69 bits per heavy atom. The molecular weight excluding hydrogens is 160 g/mol. The summed E-state index contributed by atoms with van der Waals surface area (Å²) in [5.41, 5.74) is 4.18. The van der Waals surface area contributed by atoms with Crippen LogP contribution in [0.5, 0.6) is 0 Å². The van der Waals surface area contributed by atoms with Gasteiger partial charge < -0.3 is 0 Å². The molecule has 0 fully saturated rings. The van der Waals surface area contributed by atoms with Crippen LogP contribution < -0.4 is 0 Å². The lowest BCUT2D eigenvalue weighted by Crippen LogP contribution is -1.91. The summed E-state index contributed by atoms with van der Waals surface area (Å²) >= 11 is 0. The molecule has 1 rings (SSSR count). The van der Waals surface area contributed by atoms with Gasteiger partial charge in [-0.05, 0) is 31.9 Å². The molecule has 0 aromatic heterocycles. The third kappa shape index (κ3) is 3.02. The van der Waals surface area contributed by atoms with Crippen LogP contribution in [0.15, 0.2) is 12.1 Å². The van der Waals surface area contributed by atoms with Crippen LogP contribution in [0, 0.1) is 20.8 Å². The Morgan fingerprint density at radius 2 is 1.38 bits per heavy atom. The summed E-state index contributed by atoms with van der Waals surface area (Å²) in [5, 5.41) is 0. The molecule has 0 N–H and O–H groups in total. The molecule has 0 bridgehead atoms. The van der Waals surface area contributed by atoms with Gasteiger partial charge in [0.05, 0.1) is 0 Å². The molecule has 0 radical (unpaired) electrons. The second-order valence-corrected chi connectivity index (χ2v) is 2.93. The zero-order valence-electron chi connectivity index (χ0n) is 9.14. The van der Waals surface area contributed by atoms with E-state index in [9.17, 15) is 4.79 Å². The van der Waals surface area contributed by atoms with Crippen molar-refractivity contribution in [3.63, 3.8) is 0 Å². The molecule has 13 heavy (non-hydrogen) atoms. The van der Waals surface area contributed by atoms with E-state index >= 15 is 0 Å². The smallest absolute Gasteiger partial charge is 0.150 e. The molecule has 0 saturated heterocycles. The van der Waals surface area contributed by atoms with E-state index in [1.165, 1.54) is 5.56 Å². The summed E-state index contributed by atoms with van der Waals surface area (Å²) in [6, 6.07) is 4.05.